The van der Waals surface area contributed by atoms with Gasteiger partial charge in [0.1, 0.15) is 34.9 Å². The minimum absolute atomic E-state index is 0.00675. The molecule has 1 fully saturated rings. The zero-order chi connectivity index (χ0) is 30.3. The first-order chi connectivity index (χ1) is 20.0. The first-order valence-corrected chi connectivity index (χ1v) is 15.1. The number of anilines is 1. The molecule has 2 amide bonds. The minimum Gasteiger partial charge on any atom is -0.477 e. The number of nitrogen functional groups attached to an aromatic ring is 1. The monoisotopic (exact) mass is 633 g/mol. The van der Waals surface area contributed by atoms with Crippen molar-refractivity contribution in [1.29, 1.82) is 0 Å². The van der Waals surface area contributed by atoms with Gasteiger partial charge in [-0.15, -0.1) is 40.0 Å². The molecule has 0 saturated carbocycles. The molecule has 16 nitrogen and oxygen atoms in total. The van der Waals surface area contributed by atoms with Gasteiger partial charge < -0.3 is 26.1 Å². The molecular formula is C23H23N9O7S3. The summed E-state index contributed by atoms with van der Waals surface area (Å²) in [7, 11) is 1.26. The summed E-state index contributed by atoms with van der Waals surface area (Å²) in [5.74, 6) is -3.77. The van der Waals surface area contributed by atoms with Crippen molar-refractivity contribution in [3.8, 4) is 0 Å². The molecule has 1 saturated heterocycles. The van der Waals surface area contributed by atoms with Crippen LogP contribution < -0.4 is 11.1 Å². The van der Waals surface area contributed by atoms with Crippen LogP contribution >= 0.6 is 34.9 Å². The van der Waals surface area contributed by atoms with Gasteiger partial charge in [-0.25, -0.2) is 19.6 Å². The Kier molecular flexibility index (Phi) is 8.06. The smallest absolute Gasteiger partial charge is 0.375 e. The fraction of sp³-hybridized carbons (Fsp3) is 0.348. The molecule has 42 heavy (non-hydrogen) atoms. The average Bonchev–Trinajstić information content (AvgIpc) is 3.58. The van der Waals surface area contributed by atoms with E-state index >= 15 is 0 Å². The van der Waals surface area contributed by atoms with Crippen molar-refractivity contribution in [1.82, 2.24) is 34.8 Å². The van der Waals surface area contributed by atoms with Crippen LogP contribution in [-0.2, 0) is 19.2 Å². The third-order valence-electron chi connectivity index (χ3n) is 6.18. The molecule has 2 unspecified atom stereocenters. The summed E-state index contributed by atoms with van der Waals surface area (Å²) in [6.45, 7) is 3.84. The van der Waals surface area contributed by atoms with Crippen molar-refractivity contribution in [2.24, 2.45) is 5.16 Å². The number of thiazole rings is 1. The van der Waals surface area contributed by atoms with Crippen molar-refractivity contribution in [2.75, 3.05) is 24.3 Å². The van der Waals surface area contributed by atoms with Gasteiger partial charge in [0.25, 0.3) is 23.4 Å². The molecule has 0 aliphatic carbocycles. The van der Waals surface area contributed by atoms with E-state index in [9.17, 15) is 29.4 Å². The number of carbonyl (C=O) groups excluding carboxylic acids is 2. The molecule has 5 heterocycles. The number of amides is 2. The van der Waals surface area contributed by atoms with Crippen molar-refractivity contribution >= 4 is 75.2 Å². The van der Waals surface area contributed by atoms with Crippen molar-refractivity contribution < 1.29 is 34.2 Å². The Balaban J connectivity index is 1.37. The van der Waals surface area contributed by atoms with E-state index in [0.29, 0.717) is 16.3 Å². The van der Waals surface area contributed by atoms with Crippen LogP contribution in [0.5, 0.6) is 0 Å². The molecule has 220 valence electrons. The number of aromatic carboxylic acids is 1. The van der Waals surface area contributed by atoms with Crippen LogP contribution in [0.2, 0.25) is 0 Å². The van der Waals surface area contributed by atoms with Crippen LogP contribution in [0.4, 0.5) is 5.13 Å². The van der Waals surface area contributed by atoms with E-state index < -0.39 is 41.0 Å². The Morgan fingerprint density at radius 3 is 2.64 bits per heavy atom. The third-order valence-corrected chi connectivity index (χ3v) is 9.27. The zero-order valence-corrected chi connectivity index (χ0v) is 24.6. The number of rotatable bonds is 10. The largest absolute Gasteiger partial charge is 0.477 e. The molecule has 3 aromatic heterocycles. The molecule has 5 N–H and O–H groups in total. The highest BCUT2D eigenvalue weighted by molar-refractivity contribution is 8.01. The Bertz CT molecular complexity index is 1680. The number of thioether (sulfide) groups is 2. The average molecular weight is 634 g/mol. The number of hydrogen-bond acceptors (Lipinski definition) is 14. The van der Waals surface area contributed by atoms with Crippen LogP contribution in [-0.4, -0.2) is 99.2 Å². The maximum atomic E-state index is 13.2. The number of aliphatic carboxylic acids is 1. The number of hydrogen-bond donors (Lipinski definition) is 4. The number of fused-ring (bicyclic) bond motifs is 2. The van der Waals surface area contributed by atoms with Gasteiger partial charge in [0, 0.05) is 22.6 Å². The number of nitrogens with two attached hydrogens (primary N) is 1. The lowest BCUT2D eigenvalue weighted by atomic mass is 10.0. The number of carbonyl (C=O) groups is 4. The van der Waals surface area contributed by atoms with Crippen LogP contribution in [0, 0.1) is 0 Å². The van der Waals surface area contributed by atoms with Crippen LogP contribution in [0.25, 0.3) is 5.78 Å². The fourth-order valence-corrected chi connectivity index (χ4v) is 7.24. The van der Waals surface area contributed by atoms with E-state index in [1.165, 1.54) is 40.5 Å². The van der Waals surface area contributed by atoms with Crippen molar-refractivity contribution in [2.45, 2.75) is 36.2 Å². The van der Waals surface area contributed by atoms with E-state index in [2.05, 4.69) is 30.5 Å². The predicted octanol–water partition coefficient (Wildman–Crippen LogP) is 0.866. The van der Waals surface area contributed by atoms with Gasteiger partial charge in [-0.2, -0.15) is 9.50 Å². The second kappa shape index (κ2) is 11.6. The van der Waals surface area contributed by atoms with Gasteiger partial charge in [0.15, 0.2) is 10.8 Å². The molecule has 2 atom stereocenters. The third kappa shape index (κ3) is 5.37. The van der Waals surface area contributed by atoms with Gasteiger partial charge >= 0.3 is 11.9 Å². The van der Waals surface area contributed by atoms with Gasteiger partial charge in [-0.3, -0.25) is 14.5 Å². The number of carboxylic acid groups (broad SMARTS) is 2. The van der Waals surface area contributed by atoms with Gasteiger partial charge in [-0.05, 0) is 17.6 Å². The minimum atomic E-state index is -1.30. The maximum absolute atomic E-state index is 13.2. The summed E-state index contributed by atoms with van der Waals surface area (Å²) in [4.78, 5) is 68.2. The van der Waals surface area contributed by atoms with Crippen LogP contribution in [0.15, 0.2) is 32.9 Å². The summed E-state index contributed by atoms with van der Waals surface area (Å²) >= 11 is 3.63. The molecule has 0 radical (unpaired) electrons. The van der Waals surface area contributed by atoms with E-state index in [1.54, 1.807) is 6.07 Å². The number of oxime groups is 1. The topological polar surface area (TPSA) is 228 Å². The van der Waals surface area contributed by atoms with E-state index in [4.69, 9.17) is 10.6 Å². The van der Waals surface area contributed by atoms with E-state index in [0.717, 1.165) is 16.2 Å². The Morgan fingerprint density at radius 2 is 2.02 bits per heavy atom. The fourth-order valence-electron chi connectivity index (χ4n) is 4.21. The molecular weight excluding hydrogens is 611 g/mol. The van der Waals surface area contributed by atoms with Gasteiger partial charge in [0.2, 0.25) is 0 Å². The second-order valence-corrected chi connectivity index (χ2v) is 12.2. The normalized spacial score (nSPS) is 18.7. The highest BCUT2D eigenvalue weighted by atomic mass is 32.2. The molecule has 2 aliphatic heterocycles. The number of aromatic nitrogens is 5. The second-order valence-electron chi connectivity index (χ2n) is 9.23. The highest BCUT2D eigenvalue weighted by Crippen LogP contribution is 2.41. The first kappa shape index (κ1) is 29.3. The first-order valence-electron chi connectivity index (χ1n) is 12.2. The lowest BCUT2D eigenvalue weighted by molar-refractivity contribution is -0.150. The predicted molar refractivity (Wildman–Crippen MR) is 152 cm³/mol. The number of nitrogens with zero attached hydrogens (tertiary/aromatic N) is 7. The summed E-state index contributed by atoms with van der Waals surface area (Å²) in [5, 5.41) is 31.3. The molecule has 3 aromatic rings. The summed E-state index contributed by atoms with van der Waals surface area (Å²) in [6.07, 6.45) is 0. The molecule has 0 bridgehead atoms. The highest BCUT2D eigenvalue weighted by Gasteiger charge is 2.54. The van der Waals surface area contributed by atoms with Gasteiger partial charge in [-0.1, -0.05) is 19.0 Å². The summed E-state index contributed by atoms with van der Waals surface area (Å²) in [6, 6.07) is 0.750. The molecule has 0 spiro atoms. The molecule has 0 aromatic carbocycles. The zero-order valence-electron chi connectivity index (χ0n) is 22.2. The quantitative estimate of drug-likeness (QED) is 0.0799. The van der Waals surface area contributed by atoms with Crippen molar-refractivity contribution in [3.63, 3.8) is 0 Å². The number of β-lactam (4-membered cyclic amide) rings is 1. The number of carboxylic acids is 2. The Morgan fingerprint density at radius 1 is 1.26 bits per heavy atom. The Hall–Kier alpha value is -4.23. The molecule has 2 aliphatic rings. The summed E-state index contributed by atoms with van der Waals surface area (Å²) < 4.78 is 1.30. The number of nitrogens with one attached hydrogen (secondary N) is 1. The maximum Gasteiger partial charge on any atom is 0.375 e. The lowest BCUT2D eigenvalue weighted by Gasteiger charge is -2.49. The molecule has 5 rings (SSSR count). The standard InChI is InChI=1S/C23H23N9O7S3/c1-8(2)10-4-12(32-23(26-10)28-16(29-32)21(37)38)40-5-9-6-41-19-14(18(34)31(19)15(9)20(35)36)27-17(33)13(30-39-3)11-7-42-22(24)25-11/h4,7-8,14,19H,5-6H2,1-3H3,(H2,24,25)(H,27,33)(H,35,36)(H,37,38). The summed E-state index contributed by atoms with van der Waals surface area (Å²) in [5.41, 5.74) is 6.63. The van der Waals surface area contributed by atoms with E-state index in [1.807, 2.05) is 13.8 Å². The van der Waals surface area contributed by atoms with Crippen LogP contribution in [0.3, 0.4) is 0 Å². The SMILES string of the molecule is CON=C(C(=O)NC1C(=O)N2C(C(=O)O)=C(CSc3cc(C(C)C)nc4nc(C(=O)O)nn34)CSC12)c1csc(N)n1. The molecule has 19 heteroatoms. The van der Waals surface area contributed by atoms with Crippen LogP contribution in [0.1, 0.15) is 41.8 Å². The van der Waals surface area contributed by atoms with Crippen molar-refractivity contribution in [3.05, 3.63) is 39.9 Å². The Labute approximate surface area is 249 Å². The lowest BCUT2D eigenvalue weighted by Crippen LogP contribution is -2.71. The van der Waals surface area contributed by atoms with E-state index in [-0.39, 0.29) is 45.4 Å². The van der Waals surface area contributed by atoms with Gasteiger partial charge in [0.05, 0.1) is 0 Å².